The molecule has 0 bridgehead atoms. The third kappa shape index (κ3) is 3.52. The highest BCUT2D eigenvalue weighted by Crippen LogP contribution is 2.47. The Morgan fingerprint density at radius 1 is 1.04 bits per heavy atom. The molecule has 0 aromatic heterocycles. The number of phenolic OH excluding ortho intramolecular Hbond substituents is 1. The molecule has 23 heavy (non-hydrogen) atoms. The number of phenols is 1. The molecule has 0 spiro atoms. The summed E-state index contributed by atoms with van der Waals surface area (Å²) in [7, 11) is 3.21. The van der Waals surface area contributed by atoms with Gasteiger partial charge in [-0.1, -0.05) is 25.1 Å². The first-order valence-electron chi connectivity index (χ1n) is 7.65. The van der Waals surface area contributed by atoms with Gasteiger partial charge in [-0.2, -0.15) is 0 Å². The number of hydrogen-bond acceptors (Lipinski definition) is 4. The number of para-hydroxylation sites is 1. The van der Waals surface area contributed by atoms with E-state index < -0.39 is 0 Å². The molecule has 0 saturated carbocycles. The van der Waals surface area contributed by atoms with Gasteiger partial charge in [0.15, 0.2) is 11.5 Å². The van der Waals surface area contributed by atoms with Crippen molar-refractivity contribution in [2.75, 3.05) is 14.2 Å². The van der Waals surface area contributed by atoms with Crippen molar-refractivity contribution in [3.05, 3.63) is 47.5 Å². The third-order valence-electron chi connectivity index (χ3n) is 4.19. The van der Waals surface area contributed by atoms with Crippen LogP contribution in [0, 0.1) is 6.92 Å². The second kappa shape index (κ2) is 7.27. The zero-order chi connectivity index (χ0) is 17.0. The van der Waals surface area contributed by atoms with Crippen LogP contribution in [0.5, 0.6) is 23.0 Å². The minimum absolute atomic E-state index is 0.158. The summed E-state index contributed by atoms with van der Waals surface area (Å²) in [5.41, 5.74) is 1.96. The number of aromatic hydroxyl groups is 1. The smallest absolute Gasteiger partial charge is 0.164 e. The zero-order valence-electron chi connectivity index (χ0n) is 14.3. The van der Waals surface area contributed by atoms with Gasteiger partial charge in [-0.3, -0.25) is 0 Å². The second-order valence-corrected chi connectivity index (χ2v) is 5.59. The fraction of sp³-hybridized carbons (Fsp3) is 0.368. The maximum Gasteiger partial charge on any atom is 0.164 e. The number of ether oxygens (including phenoxy) is 3. The monoisotopic (exact) mass is 316 g/mol. The van der Waals surface area contributed by atoms with Gasteiger partial charge in [-0.25, -0.2) is 0 Å². The second-order valence-electron chi connectivity index (χ2n) is 5.59. The molecule has 0 fully saturated rings. The maximum absolute atomic E-state index is 9.89. The Kier molecular flexibility index (Phi) is 5.37. The maximum atomic E-state index is 9.89. The SMILES string of the molecule is COc1cc2c(c(C)c1O)C(C)C(C)O2.COc1ccccc1. The lowest BCUT2D eigenvalue weighted by Gasteiger charge is -2.11. The highest BCUT2D eigenvalue weighted by molar-refractivity contribution is 5.58. The highest BCUT2D eigenvalue weighted by Gasteiger charge is 2.31. The van der Waals surface area contributed by atoms with Gasteiger partial charge >= 0.3 is 0 Å². The molecule has 2 aromatic rings. The number of benzene rings is 2. The number of fused-ring (bicyclic) bond motifs is 1. The van der Waals surface area contributed by atoms with Crippen LogP contribution in [0.3, 0.4) is 0 Å². The van der Waals surface area contributed by atoms with Gasteiger partial charge in [0.25, 0.3) is 0 Å². The largest absolute Gasteiger partial charge is 0.504 e. The molecular formula is C19H24O4. The summed E-state index contributed by atoms with van der Waals surface area (Å²) in [5, 5.41) is 9.89. The van der Waals surface area contributed by atoms with E-state index in [2.05, 4.69) is 6.92 Å². The van der Waals surface area contributed by atoms with Crippen LogP contribution >= 0.6 is 0 Å². The van der Waals surface area contributed by atoms with Gasteiger partial charge in [0.05, 0.1) is 14.2 Å². The summed E-state index contributed by atoms with van der Waals surface area (Å²) in [5.74, 6) is 2.76. The topological polar surface area (TPSA) is 47.9 Å². The molecule has 4 heteroatoms. The fourth-order valence-electron chi connectivity index (χ4n) is 2.67. The average Bonchev–Trinajstić information content (AvgIpc) is 2.86. The summed E-state index contributed by atoms with van der Waals surface area (Å²) in [6.45, 7) is 6.04. The molecule has 0 saturated heterocycles. The Hall–Kier alpha value is -2.36. The van der Waals surface area contributed by atoms with E-state index in [-0.39, 0.29) is 11.9 Å². The van der Waals surface area contributed by atoms with Gasteiger partial charge in [0.1, 0.15) is 17.6 Å². The Morgan fingerprint density at radius 3 is 2.22 bits per heavy atom. The minimum atomic E-state index is 0.158. The molecule has 0 amide bonds. The van der Waals surface area contributed by atoms with E-state index in [0.717, 1.165) is 22.6 Å². The van der Waals surface area contributed by atoms with Gasteiger partial charge in [-0.15, -0.1) is 0 Å². The van der Waals surface area contributed by atoms with Crippen LogP contribution in [0.4, 0.5) is 0 Å². The van der Waals surface area contributed by atoms with Crippen LogP contribution in [0.15, 0.2) is 36.4 Å². The van der Waals surface area contributed by atoms with Crippen LogP contribution in [-0.2, 0) is 0 Å². The Morgan fingerprint density at radius 2 is 1.70 bits per heavy atom. The molecule has 0 radical (unpaired) electrons. The first kappa shape index (κ1) is 17.0. The van der Waals surface area contributed by atoms with Crippen molar-refractivity contribution in [3.8, 4) is 23.0 Å². The average molecular weight is 316 g/mol. The Labute approximate surface area is 137 Å². The van der Waals surface area contributed by atoms with Gasteiger partial charge in [0.2, 0.25) is 0 Å². The number of rotatable bonds is 2. The van der Waals surface area contributed by atoms with Crippen LogP contribution in [0.2, 0.25) is 0 Å². The lowest BCUT2D eigenvalue weighted by molar-refractivity contribution is 0.232. The van der Waals surface area contributed by atoms with Gasteiger partial charge < -0.3 is 19.3 Å². The Balaban J connectivity index is 0.000000203. The first-order valence-corrected chi connectivity index (χ1v) is 7.65. The quantitative estimate of drug-likeness (QED) is 0.898. The van der Waals surface area contributed by atoms with E-state index in [0.29, 0.717) is 11.7 Å². The van der Waals surface area contributed by atoms with Crippen molar-refractivity contribution in [2.24, 2.45) is 0 Å². The number of methoxy groups -OCH3 is 2. The standard InChI is InChI=1S/C12H16O3.C7H8O/c1-6-8(3)15-9-5-10(14-4)12(13)7(2)11(6)9;1-8-7-5-3-2-4-6-7/h5-6,8,13H,1-4H3;2-6H,1H3. The molecule has 1 aliphatic heterocycles. The Bertz CT molecular complexity index is 652. The summed E-state index contributed by atoms with van der Waals surface area (Å²) >= 11 is 0. The molecular weight excluding hydrogens is 292 g/mol. The van der Waals surface area contributed by atoms with E-state index in [1.165, 1.54) is 0 Å². The molecule has 1 heterocycles. The van der Waals surface area contributed by atoms with Crippen LogP contribution < -0.4 is 14.2 Å². The normalized spacial score (nSPS) is 18.3. The predicted octanol–water partition coefficient (Wildman–Crippen LogP) is 4.29. The molecule has 1 aliphatic rings. The van der Waals surface area contributed by atoms with Crippen molar-refractivity contribution < 1.29 is 19.3 Å². The molecule has 2 aromatic carbocycles. The van der Waals surface area contributed by atoms with E-state index in [4.69, 9.17) is 14.2 Å². The van der Waals surface area contributed by atoms with E-state index in [1.54, 1.807) is 20.3 Å². The minimum Gasteiger partial charge on any atom is -0.504 e. The van der Waals surface area contributed by atoms with Crippen LogP contribution in [0.25, 0.3) is 0 Å². The molecule has 4 nitrogen and oxygen atoms in total. The molecule has 3 rings (SSSR count). The molecule has 2 unspecified atom stereocenters. The summed E-state index contributed by atoms with van der Waals surface area (Å²) in [4.78, 5) is 0. The number of hydrogen-bond donors (Lipinski definition) is 1. The first-order chi connectivity index (χ1) is 11.0. The van der Waals surface area contributed by atoms with Crippen molar-refractivity contribution in [2.45, 2.75) is 32.8 Å². The van der Waals surface area contributed by atoms with Crippen molar-refractivity contribution in [1.29, 1.82) is 0 Å². The zero-order valence-corrected chi connectivity index (χ0v) is 14.3. The van der Waals surface area contributed by atoms with Crippen LogP contribution in [0.1, 0.15) is 30.9 Å². The molecule has 124 valence electrons. The molecule has 1 N–H and O–H groups in total. The third-order valence-corrected chi connectivity index (χ3v) is 4.19. The van der Waals surface area contributed by atoms with E-state index >= 15 is 0 Å². The van der Waals surface area contributed by atoms with Gasteiger partial charge in [0, 0.05) is 23.1 Å². The lowest BCUT2D eigenvalue weighted by Crippen LogP contribution is -2.10. The molecule has 2 atom stereocenters. The van der Waals surface area contributed by atoms with E-state index in [1.807, 2.05) is 44.2 Å². The molecule has 0 aliphatic carbocycles. The van der Waals surface area contributed by atoms with Crippen molar-refractivity contribution >= 4 is 0 Å². The van der Waals surface area contributed by atoms with Gasteiger partial charge in [-0.05, 0) is 26.0 Å². The summed E-state index contributed by atoms with van der Waals surface area (Å²) < 4.78 is 15.7. The van der Waals surface area contributed by atoms with Crippen molar-refractivity contribution in [1.82, 2.24) is 0 Å². The van der Waals surface area contributed by atoms with Crippen LogP contribution in [-0.4, -0.2) is 25.4 Å². The summed E-state index contributed by atoms with van der Waals surface area (Å²) in [6.07, 6.45) is 0.158. The summed E-state index contributed by atoms with van der Waals surface area (Å²) in [6, 6.07) is 11.4. The predicted molar refractivity (Wildman–Crippen MR) is 90.9 cm³/mol. The van der Waals surface area contributed by atoms with Crippen molar-refractivity contribution in [3.63, 3.8) is 0 Å². The fourth-order valence-corrected chi connectivity index (χ4v) is 2.67. The highest BCUT2D eigenvalue weighted by atomic mass is 16.5. The lowest BCUT2D eigenvalue weighted by atomic mass is 9.93. The van der Waals surface area contributed by atoms with E-state index in [9.17, 15) is 5.11 Å².